The Kier molecular flexibility index (Phi) is 5.10. The van der Waals surface area contributed by atoms with Crippen molar-refractivity contribution in [3.05, 3.63) is 0 Å². The lowest BCUT2D eigenvalue weighted by atomic mass is 10.0. The minimum absolute atomic E-state index is 0.0610. The van der Waals surface area contributed by atoms with Crippen LogP contribution in [0.3, 0.4) is 0 Å². The highest BCUT2D eigenvalue weighted by molar-refractivity contribution is 5.83. The van der Waals surface area contributed by atoms with E-state index in [-0.39, 0.29) is 17.7 Å². The number of nitrogens with zero attached hydrogens (tertiary/aromatic N) is 2. The number of rotatable bonds is 3. The fraction of sp³-hybridized carbons (Fsp3) is 0.833. The molecule has 6 heteroatoms. The van der Waals surface area contributed by atoms with Crippen molar-refractivity contribution in [3.8, 4) is 0 Å². The van der Waals surface area contributed by atoms with Gasteiger partial charge in [0.15, 0.2) is 0 Å². The van der Waals surface area contributed by atoms with Gasteiger partial charge in [-0.2, -0.15) is 0 Å². The molecule has 0 aromatic heterocycles. The molecule has 0 radical (unpaired) electrons. The van der Waals surface area contributed by atoms with Gasteiger partial charge in [-0.05, 0) is 12.8 Å². The van der Waals surface area contributed by atoms with Crippen LogP contribution in [0.5, 0.6) is 0 Å². The summed E-state index contributed by atoms with van der Waals surface area (Å²) in [4.78, 5) is 26.8. The van der Waals surface area contributed by atoms with Gasteiger partial charge < -0.3 is 20.6 Å². The quantitative estimate of drug-likeness (QED) is 0.680. The van der Waals surface area contributed by atoms with E-state index in [2.05, 4.69) is 0 Å². The van der Waals surface area contributed by atoms with Gasteiger partial charge in [0.2, 0.25) is 5.91 Å². The summed E-state index contributed by atoms with van der Waals surface area (Å²) in [5.41, 5.74) is 5.82. The molecular formula is C12H23N3O3. The summed E-state index contributed by atoms with van der Waals surface area (Å²) < 4.78 is 0. The van der Waals surface area contributed by atoms with Crippen LogP contribution in [-0.2, 0) is 9.59 Å². The van der Waals surface area contributed by atoms with E-state index in [4.69, 9.17) is 5.73 Å². The van der Waals surface area contributed by atoms with Crippen LogP contribution in [0.25, 0.3) is 0 Å². The lowest BCUT2D eigenvalue weighted by Gasteiger charge is -2.36. The van der Waals surface area contributed by atoms with E-state index in [0.29, 0.717) is 26.2 Å². The van der Waals surface area contributed by atoms with E-state index in [1.807, 2.05) is 13.8 Å². The fourth-order valence-electron chi connectivity index (χ4n) is 1.91. The minimum Gasteiger partial charge on any atom is -0.384 e. The second kappa shape index (κ2) is 6.15. The normalized spacial score (nSPS) is 19.9. The van der Waals surface area contributed by atoms with Crippen LogP contribution in [0.2, 0.25) is 0 Å². The summed E-state index contributed by atoms with van der Waals surface area (Å²) in [6, 6.07) is -0.482. The minimum atomic E-state index is -0.981. The summed E-state index contributed by atoms with van der Waals surface area (Å²) in [7, 11) is 0. The van der Waals surface area contributed by atoms with E-state index in [0.717, 1.165) is 0 Å². The second-order valence-electron chi connectivity index (χ2n) is 5.10. The molecule has 6 nitrogen and oxygen atoms in total. The molecule has 0 aromatic rings. The summed E-state index contributed by atoms with van der Waals surface area (Å²) in [5, 5.41) is 9.22. The molecule has 18 heavy (non-hydrogen) atoms. The number of carbonyl (C=O) groups is 2. The van der Waals surface area contributed by atoms with Crippen molar-refractivity contribution in [2.75, 3.05) is 26.2 Å². The first-order valence-electron chi connectivity index (χ1n) is 6.35. The first-order chi connectivity index (χ1) is 8.34. The molecule has 1 aliphatic rings. The van der Waals surface area contributed by atoms with Crippen LogP contribution in [0, 0.1) is 5.92 Å². The Morgan fingerprint density at radius 1 is 1.00 bits per heavy atom. The molecule has 2 amide bonds. The van der Waals surface area contributed by atoms with Crippen molar-refractivity contribution in [2.24, 2.45) is 11.7 Å². The van der Waals surface area contributed by atoms with Gasteiger partial charge in [-0.25, -0.2) is 0 Å². The van der Waals surface area contributed by atoms with Gasteiger partial charge in [-0.15, -0.1) is 0 Å². The zero-order valence-electron chi connectivity index (χ0n) is 11.3. The molecule has 2 atom stereocenters. The summed E-state index contributed by atoms with van der Waals surface area (Å²) >= 11 is 0. The molecule has 0 spiro atoms. The Bertz CT molecular complexity index is 310. The van der Waals surface area contributed by atoms with E-state index in [9.17, 15) is 14.7 Å². The van der Waals surface area contributed by atoms with Crippen LogP contribution < -0.4 is 5.73 Å². The fourth-order valence-corrected chi connectivity index (χ4v) is 1.91. The molecule has 0 aromatic carbocycles. The van der Waals surface area contributed by atoms with Crippen molar-refractivity contribution in [1.82, 2.24) is 9.80 Å². The molecule has 3 N–H and O–H groups in total. The van der Waals surface area contributed by atoms with Gasteiger partial charge in [0.1, 0.15) is 6.10 Å². The monoisotopic (exact) mass is 257 g/mol. The third-order valence-corrected chi connectivity index (χ3v) is 3.26. The topological polar surface area (TPSA) is 86.9 Å². The smallest absolute Gasteiger partial charge is 0.251 e. The Balaban J connectivity index is 2.49. The Hall–Kier alpha value is -1.14. The predicted molar refractivity (Wildman–Crippen MR) is 67.7 cm³/mol. The van der Waals surface area contributed by atoms with Crippen LogP contribution in [0.4, 0.5) is 0 Å². The number of aliphatic hydroxyl groups excluding tert-OH is 1. The van der Waals surface area contributed by atoms with Crippen molar-refractivity contribution >= 4 is 11.8 Å². The largest absolute Gasteiger partial charge is 0.384 e. The zero-order chi connectivity index (χ0) is 13.9. The Morgan fingerprint density at radius 2 is 1.39 bits per heavy atom. The molecule has 104 valence electrons. The number of amides is 2. The van der Waals surface area contributed by atoms with Crippen molar-refractivity contribution < 1.29 is 14.7 Å². The Labute approximate surface area is 108 Å². The molecule has 1 fully saturated rings. The van der Waals surface area contributed by atoms with Crippen LogP contribution in [0.1, 0.15) is 20.8 Å². The molecule has 0 bridgehead atoms. The maximum Gasteiger partial charge on any atom is 0.251 e. The highest BCUT2D eigenvalue weighted by Crippen LogP contribution is 2.08. The van der Waals surface area contributed by atoms with Gasteiger partial charge >= 0.3 is 0 Å². The van der Waals surface area contributed by atoms with Gasteiger partial charge in [0.25, 0.3) is 5.91 Å². The van der Waals surface area contributed by atoms with Crippen molar-refractivity contribution in [1.29, 1.82) is 0 Å². The SMILES string of the molecule is CC(O)C(=O)N1CCN(C(=O)[C@@H](N)C(C)C)CC1. The van der Waals surface area contributed by atoms with Gasteiger partial charge in [-0.1, -0.05) is 13.8 Å². The average molecular weight is 257 g/mol. The number of hydrogen-bond donors (Lipinski definition) is 2. The van der Waals surface area contributed by atoms with Gasteiger partial charge in [-0.3, -0.25) is 9.59 Å². The molecule has 1 saturated heterocycles. The molecule has 0 aliphatic carbocycles. The molecule has 1 aliphatic heterocycles. The van der Waals surface area contributed by atoms with Crippen LogP contribution in [-0.4, -0.2) is 65.0 Å². The maximum absolute atomic E-state index is 12.0. The molecule has 1 rings (SSSR count). The lowest BCUT2D eigenvalue weighted by Crippen LogP contribution is -2.56. The molecular weight excluding hydrogens is 234 g/mol. The van der Waals surface area contributed by atoms with Gasteiger partial charge in [0, 0.05) is 26.2 Å². The second-order valence-corrected chi connectivity index (χ2v) is 5.10. The highest BCUT2D eigenvalue weighted by Gasteiger charge is 2.29. The standard InChI is InChI=1S/C12H23N3O3/c1-8(2)10(13)12(18)15-6-4-14(5-7-15)11(17)9(3)16/h8-10,16H,4-7,13H2,1-3H3/t9?,10-/m0/s1. The number of piperazine rings is 1. The van der Waals surface area contributed by atoms with E-state index in [1.165, 1.54) is 6.92 Å². The van der Waals surface area contributed by atoms with Crippen molar-refractivity contribution in [3.63, 3.8) is 0 Å². The van der Waals surface area contributed by atoms with Crippen molar-refractivity contribution in [2.45, 2.75) is 32.9 Å². The maximum atomic E-state index is 12.0. The summed E-state index contributed by atoms with van der Waals surface area (Å²) in [5.74, 6) is -0.237. The first-order valence-corrected chi connectivity index (χ1v) is 6.35. The number of carbonyl (C=O) groups excluding carboxylic acids is 2. The van der Waals surface area contributed by atoms with Gasteiger partial charge in [0.05, 0.1) is 6.04 Å². The molecule has 0 saturated carbocycles. The number of hydrogen-bond acceptors (Lipinski definition) is 4. The van der Waals surface area contributed by atoms with Crippen LogP contribution >= 0.6 is 0 Å². The number of aliphatic hydroxyl groups is 1. The molecule has 1 unspecified atom stereocenters. The third-order valence-electron chi connectivity index (χ3n) is 3.26. The summed E-state index contributed by atoms with van der Waals surface area (Å²) in [6.45, 7) is 7.16. The number of nitrogens with two attached hydrogens (primary N) is 1. The van der Waals surface area contributed by atoms with E-state index < -0.39 is 12.1 Å². The highest BCUT2D eigenvalue weighted by atomic mass is 16.3. The predicted octanol–water partition coefficient (Wildman–Crippen LogP) is -0.979. The van der Waals surface area contributed by atoms with Crippen LogP contribution in [0.15, 0.2) is 0 Å². The summed E-state index contributed by atoms with van der Waals surface area (Å²) in [6.07, 6.45) is -0.981. The third kappa shape index (κ3) is 3.43. The zero-order valence-corrected chi connectivity index (χ0v) is 11.3. The lowest BCUT2D eigenvalue weighted by molar-refractivity contribution is -0.145. The van der Waals surface area contributed by atoms with E-state index >= 15 is 0 Å². The molecule has 1 heterocycles. The first kappa shape index (κ1) is 14.9. The van der Waals surface area contributed by atoms with E-state index in [1.54, 1.807) is 9.80 Å². The Morgan fingerprint density at radius 3 is 1.72 bits per heavy atom. The average Bonchev–Trinajstić information content (AvgIpc) is 2.36.